The zero-order valence-electron chi connectivity index (χ0n) is 17.4. The summed E-state index contributed by atoms with van der Waals surface area (Å²) in [6.45, 7) is 1.50. The summed E-state index contributed by atoms with van der Waals surface area (Å²) in [5.41, 5.74) is 2.91. The molecule has 1 aromatic carbocycles. The van der Waals surface area contributed by atoms with Crippen LogP contribution in [0.3, 0.4) is 0 Å². The van der Waals surface area contributed by atoms with Gasteiger partial charge in [-0.05, 0) is 37.1 Å². The lowest BCUT2D eigenvalue weighted by atomic mass is 10.1. The number of aliphatic hydroxyl groups is 3. The fourth-order valence-electron chi connectivity index (χ4n) is 4.74. The van der Waals surface area contributed by atoms with Crippen molar-refractivity contribution >= 4 is 22.8 Å². The fraction of sp³-hybridized carbons (Fsp3) is 0.455. The molecule has 0 spiro atoms. The topological polar surface area (TPSA) is 143 Å². The largest absolute Gasteiger partial charge is 0.396 e. The van der Waals surface area contributed by atoms with Gasteiger partial charge < -0.3 is 30.1 Å². The van der Waals surface area contributed by atoms with E-state index in [1.165, 1.54) is 0 Å². The van der Waals surface area contributed by atoms with E-state index in [0.29, 0.717) is 29.1 Å². The summed E-state index contributed by atoms with van der Waals surface area (Å²) in [6, 6.07) is 9.46. The van der Waals surface area contributed by atoms with Crippen LogP contribution in [0, 0.1) is 17.2 Å². The molecule has 32 heavy (non-hydrogen) atoms. The van der Waals surface area contributed by atoms with Crippen molar-refractivity contribution in [2.75, 3.05) is 29.9 Å². The summed E-state index contributed by atoms with van der Waals surface area (Å²) in [5, 5.41) is 42.5. The maximum Gasteiger partial charge on any atom is 0.225 e. The number of nitriles is 1. The minimum Gasteiger partial charge on any atom is -0.396 e. The van der Waals surface area contributed by atoms with E-state index >= 15 is 0 Å². The number of aliphatic hydroxyl groups excluding tert-OH is 3. The third kappa shape index (κ3) is 3.64. The highest BCUT2D eigenvalue weighted by Crippen LogP contribution is 2.36. The number of benzene rings is 1. The van der Waals surface area contributed by atoms with Gasteiger partial charge in [0.25, 0.3) is 0 Å². The Morgan fingerprint density at radius 3 is 2.69 bits per heavy atom. The summed E-state index contributed by atoms with van der Waals surface area (Å²) < 4.78 is 1.77. The number of anilines is 2. The molecule has 0 bridgehead atoms. The smallest absolute Gasteiger partial charge is 0.225 e. The van der Waals surface area contributed by atoms with Crippen LogP contribution in [-0.2, 0) is 0 Å². The first-order valence-electron chi connectivity index (χ1n) is 10.8. The van der Waals surface area contributed by atoms with Crippen LogP contribution in [0.4, 0.5) is 11.6 Å². The highest BCUT2D eigenvalue weighted by molar-refractivity contribution is 5.71. The molecule has 1 saturated carbocycles. The van der Waals surface area contributed by atoms with Crippen LogP contribution in [0.25, 0.3) is 11.2 Å². The van der Waals surface area contributed by atoms with Crippen molar-refractivity contribution in [2.24, 2.45) is 5.92 Å². The summed E-state index contributed by atoms with van der Waals surface area (Å²) in [6.07, 6.45) is 2.65. The first kappa shape index (κ1) is 20.6. The van der Waals surface area contributed by atoms with Crippen LogP contribution in [0.15, 0.2) is 36.8 Å². The van der Waals surface area contributed by atoms with Gasteiger partial charge in [-0.3, -0.25) is 0 Å². The lowest BCUT2D eigenvalue weighted by Crippen LogP contribution is -2.30. The number of hydrogen-bond donors (Lipinski definition) is 4. The Balaban J connectivity index is 1.31. The predicted molar refractivity (Wildman–Crippen MR) is 117 cm³/mol. The lowest BCUT2D eigenvalue weighted by Gasteiger charge is -2.19. The van der Waals surface area contributed by atoms with Crippen molar-refractivity contribution in [3.63, 3.8) is 0 Å². The Morgan fingerprint density at radius 2 is 1.97 bits per heavy atom. The van der Waals surface area contributed by atoms with Crippen molar-refractivity contribution in [1.29, 1.82) is 5.26 Å². The van der Waals surface area contributed by atoms with E-state index in [4.69, 9.17) is 5.26 Å². The van der Waals surface area contributed by atoms with Gasteiger partial charge in [-0.15, -0.1) is 0 Å². The molecule has 2 aromatic heterocycles. The molecule has 0 radical (unpaired) electrons. The van der Waals surface area contributed by atoms with E-state index in [2.05, 4.69) is 31.2 Å². The van der Waals surface area contributed by atoms with E-state index in [1.807, 2.05) is 24.3 Å². The van der Waals surface area contributed by atoms with Crippen LogP contribution in [0.2, 0.25) is 0 Å². The molecule has 5 rings (SSSR count). The Kier molecular flexibility index (Phi) is 5.38. The third-order valence-electron chi connectivity index (χ3n) is 6.56. The van der Waals surface area contributed by atoms with Gasteiger partial charge in [-0.1, -0.05) is 0 Å². The second-order valence-corrected chi connectivity index (χ2v) is 8.52. The maximum absolute atomic E-state index is 10.5. The predicted octanol–water partition coefficient (Wildman–Crippen LogP) is 0.664. The van der Waals surface area contributed by atoms with Crippen LogP contribution in [0.5, 0.6) is 0 Å². The molecule has 10 nitrogen and oxygen atoms in total. The van der Waals surface area contributed by atoms with Crippen molar-refractivity contribution in [3.8, 4) is 6.07 Å². The highest BCUT2D eigenvalue weighted by Gasteiger charge is 2.42. The van der Waals surface area contributed by atoms with Crippen LogP contribution in [0.1, 0.15) is 24.4 Å². The average molecular weight is 435 g/mol. The molecule has 0 unspecified atom stereocenters. The zero-order valence-corrected chi connectivity index (χ0v) is 17.4. The number of fused-ring (bicyclic) bond motifs is 1. The summed E-state index contributed by atoms with van der Waals surface area (Å²) >= 11 is 0. The molecule has 3 aromatic rings. The molecular formula is C22H25N7O3. The number of nitrogens with zero attached hydrogens (tertiary/aromatic N) is 6. The van der Waals surface area contributed by atoms with Crippen LogP contribution in [-0.4, -0.2) is 72.8 Å². The molecule has 1 aliphatic carbocycles. The second kappa shape index (κ2) is 8.35. The average Bonchev–Trinajstić information content (AvgIpc) is 3.52. The molecule has 10 heteroatoms. The van der Waals surface area contributed by atoms with Crippen LogP contribution < -0.4 is 10.2 Å². The Labute approximate surface area is 184 Å². The molecule has 166 valence electrons. The van der Waals surface area contributed by atoms with E-state index in [-0.39, 0.29) is 18.6 Å². The highest BCUT2D eigenvalue weighted by atomic mass is 16.3. The van der Waals surface area contributed by atoms with E-state index in [1.54, 1.807) is 17.1 Å². The molecule has 5 atom stereocenters. The number of imidazole rings is 1. The molecule has 1 aliphatic heterocycles. The van der Waals surface area contributed by atoms with Gasteiger partial charge in [0.1, 0.15) is 11.6 Å². The van der Waals surface area contributed by atoms with E-state index in [9.17, 15) is 15.3 Å². The maximum atomic E-state index is 10.5. The molecule has 1 saturated heterocycles. The monoisotopic (exact) mass is 435 g/mol. The third-order valence-corrected chi connectivity index (χ3v) is 6.56. The van der Waals surface area contributed by atoms with Crippen molar-refractivity contribution in [1.82, 2.24) is 19.5 Å². The standard InChI is InChI=1S/C22H25N7O3/c23-8-13-1-3-16(4-2-13)28-6-5-15(10-28)26-22-24-9-17-21(27-22)29(12-25-17)18-7-14(11-30)19(31)20(18)32/h1-4,9,12,14-15,18-20,30-32H,5-7,10-11H2,(H,24,26,27)/t14-,15+,18-,19-,20+/m1/s1. The van der Waals surface area contributed by atoms with Gasteiger partial charge in [0, 0.05) is 37.3 Å². The molecule has 3 heterocycles. The van der Waals surface area contributed by atoms with Gasteiger partial charge in [0.05, 0.1) is 36.3 Å². The van der Waals surface area contributed by atoms with Gasteiger partial charge in [-0.2, -0.15) is 10.2 Å². The number of hydrogen-bond acceptors (Lipinski definition) is 9. The number of nitrogens with one attached hydrogen (secondary N) is 1. The molecule has 2 aliphatic rings. The Bertz CT molecular complexity index is 1140. The second-order valence-electron chi connectivity index (χ2n) is 8.52. The van der Waals surface area contributed by atoms with Crippen molar-refractivity contribution in [2.45, 2.75) is 37.1 Å². The van der Waals surface area contributed by atoms with Crippen molar-refractivity contribution in [3.05, 3.63) is 42.4 Å². The summed E-state index contributed by atoms with van der Waals surface area (Å²) in [5.74, 6) is 0.108. The van der Waals surface area contributed by atoms with Crippen LogP contribution >= 0.6 is 0 Å². The van der Waals surface area contributed by atoms with Gasteiger partial charge in [0.15, 0.2) is 5.65 Å². The van der Waals surface area contributed by atoms with E-state index < -0.39 is 18.2 Å². The lowest BCUT2D eigenvalue weighted by molar-refractivity contribution is -0.00370. The summed E-state index contributed by atoms with van der Waals surface area (Å²) in [4.78, 5) is 15.6. The quantitative estimate of drug-likeness (QED) is 0.454. The normalized spacial score (nSPS) is 27.7. The SMILES string of the molecule is N#Cc1ccc(N2CC[C@H](Nc3ncc4ncn([C@@H]5C[C@H](CO)[C@@H](O)[C@H]5O)c4n3)C2)cc1. The fourth-order valence-corrected chi connectivity index (χ4v) is 4.74. The Morgan fingerprint density at radius 1 is 1.16 bits per heavy atom. The number of rotatable bonds is 5. The minimum absolute atomic E-state index is 0.164. The zero-order chi connectivity index (χ0) is 22.2. The Hall–Kier alpha value is -3.26. The molecular weight excluding hydrogens is 410 g/mol. The molecule has 4 N–H and O–H groups in total. The number of aromatic nitrogens is 4. The van der Waals surface area contributed by atoms with E-state index in [0.717, 1.165) is 25.2 Å². The van der Waals surface area contributed by atoms with Crippen molar-refractivity contribution < 1.29 is 15.3 Å². The van der Waals surface area contributed by atoms with Gasteiger partial charge in [-0.25, -0.2) is 9.97 Å². The minimum atomic E-state index is -0.994. The molecule has 0 amide bonds. The molecule has 2 fully saturated rings. The first-order chi connectivity index (χ1) is 15.6. The van der Waals surface area contributed by atoms with Gasteiger partial charge in [0.2, 0.25) is 5.95 Å². The van der Waals surface area contributed by atoms with Gasteiger partial charge >= 0.3 is 0 Å². The summed E-state index contributed by atoms with van der Waals surface area (Å²) in [7, 11) is 0. The first-order valence-corrected chi connectivity index (χ1v) is 10.8.